The highest BCUT2D eigenvalue weighted by Crippen LogP contribution is 2.17. The van der Waals surface area contributed by atoms with Gasteiger partial charge in [-0.25, -0.2) is 4.98 Å². The highest BCUT2D eigenvalue weighted by atomic mass is 16.5. The van der Waals surface area contributed by atoms with Gasteiger partial charge in [0.1, 0.15) is 6.04 Å². The second-order valence-corrected chi connectivity index (χ2v) is 4.94. The predicted octanol–water partition coefficient (Wildman–Crippen LogP) is 2.19. The van der Waals surface area contributed by atoms with E-state index in [2.05, 4.69) is 10.3 Å². The molecular formula is C17H21N3O2. The first-order chi connectivity index (χ1) is 10.7. The van der Waals surface area contributed by atoms with E-state index >= 15 is 0 Å². The van der Waals surface area contributed by atoms with Crippen molar-refractivity contribution < 1.29 is 9.53 Å². The molecular weight excluding hydrogens is 278 g/mol. The molecule has 2 rings (SSSR count). The summed E-state index contributed by atoms with van der Waals surface area (Å²) in [5.74, 6) is 0.180. The fourth-order valence-corrected chi connectivity index (χ4v) is 2.13. The lowest BCUT2D eigenvalue weighted by Crippen LogP contribution is -2.33. The number of ether oxygens (including phenoxy) is 1. The first kappa shape index (κ1) is 16.0. The summed E-state index contributed by atoms with van der Waals surface area (Å²) in [4.78, 5) is 15.9. The van der Waals surface area contributed by atoms with Crippen LogP contribution in [0.4, 0.5) is 0 Å². The number of aromatic nitrogens is 1. The third-order valence-corrected chi connectivity index (χ3v) is 3.21. The molecule has 116 valence electrons. The minimum atomic E-state index is -0.541. The lowest BCUT2D eigenvalue weighted by atomic mass is 10.1. The van der Waals surface area contributed by atoms with E-state index < -0.39 is 11.9 Å². The van der Waals surface area contributed by atoms with Crippen LogP contribution in [0.25, 0.3) is 0 Å². The number of carbonyl (C=O) groups is 1. The van der Waals surface area contributed by atoms with Crippen molar-refractivity contribution in [2.45, 2.75) is 25.9 Å². The zero-order valence-corrected chi connectivity index (χ0v) is 12.7. The van der Waals surface area contributed by atoms with E-state index in [1.807, 2.05) is 49.4 Å². The molecule has 0 radical (unpaired) electrons. The maximum absolute atomic E-state index is 11.7. The number of nitrogens with one attached hydrogen (secondary N) is 1. The van der Waals surface area contributed by atoms with E-state index in [4.69, 9.17) is 10.5 Å². The van der Waals surface area contributed by atoms with Gasteiger partial charge in [-0.3, -0.25) is 10.1 Å². The number of nitrogens with zero attached hydrogens (tertiary/aromatic N) is 1. The Bertz CT molecular complexity index is 602. The lowest BCUT2D eigenvalue weighted by molar-refractivity contribution is -0.120. The Balaban J connectivity index is 2.09. The van der Waals surface area contributed by atoms with E-state index in [0.717, 1.165) is 17.5 Å². The van der Waals surface area contributed by atoms with Crippen molar-refractivity contribution in [1.82, 2.24) is 10.3 Å². The van der Waals surface area contributed by atoms with Crippen molar-refractivity contribution in [1.29, 1.82) is 0 Å². The van der Waals surface area contributed by atoms with Gasteiger partial charge >= 0.3 is 0 Å². The molecule has 1 atom stereocenters. The van der Waals surface area contributed by atoms with Crippen molar-refractivity contribution in [3.8, 4) is 5.88 Å². The summed E-state index contributed by atoms with van der Waals surface area (Å²) >= 11 is 0. The molecule has 0 fully saturated rings. The monoisotopic (exact) mass is 299 g/mol. The minimum Gasteiger partial charge on any atom is -0.477 e. The Morgan fingerprint density at radius 1 is 1.27 bits per heavy atom. The number of primary amides is 1. The normalized spacial score (nSPS) is 11.9. The second kappa shape index (κ2) is 8.14. The molecule has 5 heteroatoms. The van der Waals surface area contributed by atoms with Gasteiger partial charge in [-0.1, -0.05) is 43.3 Å². The number of carbonyl (C=O) groups excluding carboxylic acids is 1. The average molecular weight is 299 g/mol. The lowest BCUT2D eigenvalue weighted by Gasteiger charge is -2.17. The second-order valence-electron chi connectivity index (χ2n) is 4.94. The molecule has 1 heterocycles. The number of nitrogens with two attached hydrogens (primary N) is 1. The summed E-state index contributed by atoms with van der Waals surface area (Å²) in [5.41, 5.74) is 7.25. The summed E-state index contributed by atoms with van der Waals surface area (Å²) < 4.78 is 5.62. The fourth-order valence-electron chi connectivity index (χ4n) is 2.13. The fraction of sp³-hybridized carbons (Fsp3) is 0.294. The molecule has 1 aromatic carbocycles. The first-order valence-corrected chi connectivity index (χ1v) is 7.36. The third kappa shape index (κ3) is 4.30. The topological polar surface area (TPSA) is 77.2 Å². The maximum atomic E-state index is 11.7. The van der Waals surface area contributed by atoms with Crippen LogP contribution in [-0.4, -0.2) is 17.5 Å². The summed E-state index contributed by atoms with van der Waals surface area (Å²) in [7, 11) is 0. The highest BCUT2D eigenvalue weighted by molar-refractivity contribution is 5.81. The van der Waals surface area contributed by atoms with Gasteiger partial charge in [0, 0.05) is 18.3 Å². The molecule has 5 nitrogen and oxygen atoms in total. The zero-order chi connectivity index (χ0) is 15.8. The molecule has 0 bridgehead atoms. The zero-order valence-electron chi connectivity index (χ0n) is 12.7. The molecule has 3 N–H and O–H groups in total. The van der Waals surface area contributed by atoms with Gasteiger partial charge in [0.2, 0.25) is 11.8 Å². The van der Waals surface area contributed by atoms with Crippen molar-refractivity contribution in [2.24, 2.45) is 5.73 Å². The van der Waals surface area contributed by atoms with E-state index in [1.165, 1.54) is 0 Å². The largest absolute Gasteiger partial charge is 0.477 e. The van der Waals surface area contributed by atoms with Gasteiger partial charge in [-0.2, -0.15) is 0 Å². The number of amides is 1. The Kier molecular flexibility index (Phi) is 5.91. The van der Waals surface area contributed by atoms with Crippen LogP contribution >= 0.6 is 0 Å². The number of rotatable bonds is 8. The van der Waals surface area contributed by atoms with E-state index in [-0.39, 0.29) is 0 Å². The maximum Gasteiger partial charge on any atom is 0.239 e. The molecule has 0 aliphatic heterocycles. The van der Waals surface area contributed by atoms with Crippen LogP contribution in [0.2, 0.25) is 0 Å². The summed E-state index contributed by atoms with van der Waals surface area (Å²) in [6, 6.07) is 12.6. The van der Waals surface area contributed by atoms with Gasteiger partial charge in [-0.05, 0) is 18.1 Å². The number of hydrogen-bond acceptors (Lipinski definition) is 4. The quantitative estimate of drug-likeness (QED) is 0.783. The Morgan fingerprint density at radius 3 is 2.73 bits per heavy atom. The molecule has 0 aliphatic rings. The van der Waals surface area contributed by atoms with Crippen LogP contribution in [0.15, 0.2) is 48.7 Å². The van der Waals surface area contributed by atoms with Crippen molar-refractivity contribution in [2.75, 3.05) is 6.61 Å². The van der Waals surface area contributed by atoms with Gasteiger partial charge in [-0.15, -0.1) is 0 Å². The van der Waals surface area contributed by atoms with Gasteiger partial charge in [0.15, 0.2) is 0 Å². The van der Waals surface area contributed by atoms with Crippen LogP contribution in [0, 0.1) is 0 Å². The molecule has 0 spiro atoms. The molecule has 1 aromatic heterocycles. The Labute approximate surface area is 130 Å². The predicted molar refractivity (Wildman–Crippen MR) is 85.2 cm³/mol. The molecule has 1 amide bonds. The summed E-state index contributed by atoms with van der Waals surface area (Å²) in [6.07, 6.45) is 2.61. The van der Waals surface area contributed by atoms with Gasteiger partial charge < -0.3 is 10.5 Å². The van der Waals surface area contributed by atoms with E-state index in [0.29, 0.717) is 19.0 Å². The van der Waals surface area contributed by atoms with Gasteiger partial charge in [0.05, 0.1) is 6.61 Å². The smallest absolute Gasteiger partial charge is 0.239 e. The Hall–Kier alpha value is -2.40. The molecule has 0 unspecified atom stereocenters. The van der Waals surface area contributed by atoms with E-state index in [1.54, 1.807) is 6.20 Å². The average Bonchev–Trinajstić information content (AvgIpc) is 2.55. The molecule has 22 heavy (non-hydrogen) atoms. The SMILES string of the molecule is CCCOc1ncccc1CN[C@@H](C(N)=O)c1ccccc1. The van der Waals surface area contributed by atoms with Crippen LogP contribution in [0.5, 0.6) is 5.88 Å². The van der Waals surface area contributed by atoms with Crippen LogP contribution in [0.3, 0.4) is 0 Å². The number of hydrogen-bond donors (Lipinski definition) is 2. The standard InChI is InChI=1S/C17H21N3O2/c1-2-11-22-17-14(9-6-10-19-17)12-20-15(16(18)21)13-7-4-3-5-8-13/h3-10,15,20H,2,11-12H2,1H3,(H2,18,21)/t15-/m1/s1. The van der Waals surface area contributed by atoms with Crippen molar-refractivity contribution in [3.63, 3.8) is 0 Å². The first-order valence-electron chi connectivity index (χ1n) is 7.36. The highest BCUT2D eigenvalue weighted by Gasteiger charge is 2.17. The summed E-state index contributed by atoms with van der Waals surface area (Å²) in [5, 5.41) is 3.17. The summed E-state index contributed by atoms with van der Waals surface area (Å²) in [6.45, 7) is 3.11. The van der Waals surface area contributed by atoms with Crippen molar-refractivity contribution in [3.05, 3.63) is 59.8 Å². The van der Waals surface area contributed by atoms with Crippen LogP contribution in [0.1, 0.15) is 30.5 Å². The molecule has 0 saturated heterocycles. The van der Waals surface area contributed by atoms with Crippen LogP contribution in [-0.2, 0) is 11.3 Å². The molecule has 0 saturated carbocycles. The van der Waals surface area contributed by atoms with Crippen LogP contribution < -0.4 is 15.8 Å². The molecule has 0 aliphatic carbocycles. The molecule has 2 aromatic rings. The van der Waals surface area contributed by atoms with Crippen molar-refractivity contribution >= 4 is 5.91 Å². The number of pyridine rings is 1. The van der Waals surface area contributed by atoms with E-state index in [9.17, 15) is 4.79 Å². The number of benzene rings is 1. The minimum absolute atomic E-state index is 0.411. The Morgan fingerprint density at radius 2 is 2.05 bits per heavy atom. The third-order valence-electron chi connectivity index (χ3n) is 3.21. The van der Waals surface area contributed by atoms with Gasteiger partial charge in [0.25, 0.3) is 0 Å².